The number of nitrogens with one attached hydrogen (secondary N) is 1. The Hall–Kier alpha value is -2.94. The maximum Gasteiger partial charge on any atom is 0.387 e. The van der Waals surface area contributed by atoms with Gasteiger partial charge in [-0.1, -0.05) is 36.0 Å². The number of para-hydroxylation sites is 3. The monoisotopic (exact) mass is 405 g/mol. The molecule has 0 bridgehead atoms. The number of aromatic nitrogens is 2. The van der Waals surface area contributed by atoms with Crippen molar-refractivity contribution in [3.8, 4) is 5.75 Å². The summed E-state index contributed by atoms with van der Waals surface area (Å²) in [4.78, 5) is 29.4. The molecular formula is C19H17F2N3O3S. The Morgan fingerprint density at radius 2 is 1.86 bits per heavy atom. The van der Waals surface area contributed by atoms with Gasteiger partial charge in [0.25, 0.3) is 5.56 Å². The van der Waals surface area contributed by atoms with Crippen LogP contribution in [0.25, 0.3) is 10.9 Å². The van der Waals surface area contributed by atoms with Gasteiger partial charge in [-0.2, -0.15) is 8.78 Å². The lowest BCUT2D eigenvalue weighted by Crippen LogP contribution is -2.26. The number of rotatable bonds is 6. The number of carbonyl (C=O) groups excluding carboxylic acids is 1. The van der Waals surface area contributed by atoms with Crippen LogP contribution in [0.1, 0.15) is 6.92 Å². The summed E-state index contributed by atoms with van der Waals surface area (Å²) in [7, 11) is 1.58. The van der Waals surface area contributed by atoms with Crippen molar-refractivity contribution in [2.24, 2.45) is 7.05 Å². The van der Waals surface area contributed by atoms with Crippen molar-refractivity contribution in [3.05, 3.63) is 58.9 Å². The Balaban J connectivity index is 1.80. The van der Waals surface area contributed by atoms with Crippen molar-refractivity contribution < 1.29 is 18.3 Å². The van der Waals surface area contributed by atoms with Gasteiger partial charge in [-0.3, -0.25) is 14.2 Å². The number of amides is 1. The first-order chi connectivity index (χ1) is 13.4. The van der Waals surface area contributed by atoms with Gasteiger partial charge in [-0.15, -0.1) is 0 Å². The average molecular weight is 405 g/mol. The number of halogens is 2. The van der Waals surface area contributed by atoms with Crippen LogP contribution in [0.2, 0.25) is 0 Å². The highest BCUT2D eigenvalue weighted by Crippen LogP contribution is 2.28. The molecule has 1 heterocycles. The zero-order chi connectivity index (χ0) is 20.3. The number of nitrogens with zero attached hydrogens (tertiary/aromatic N) is 2. The molecule has 146 valence electrons. The van der Waals surface area contributed by atoms with E-state index in [0.717, 1.165) is 11.8 Å². The standard InChI is InChI=1S/C19H17F2N3O3S/c1-11(16(25)22-14-9-5-6-10-15(14)27-18(20)21)28-19-23-13-8-4-3-7-12(13)17(26)24(19)2/h3-11,18H,1-2H3,(H,22,25). The summed E-state index contributed by atoms with van der Waals surface area (Å²) in [6.07, 6.45) is 0. The van der Waals surface area contributed by atoms with E-state index in [-0.39, 0.29) is 17.0 Å². The molecule has 1 aromatic heterocycles. The third-order valence-electron chi connectivity index (χ3n) is 3.95. The van der Waals surface area contributed by atoms with Gasteiger partial charge < -0.3 is 10.1 Å². The predicted octanol–water partition coefficient (Wildman–Crippen LogP) is 3.65. The van der Waals surface area contributed by atoms with E-state index in [2.05, 4.69) is 15.0 Å². The number of alkyl halides is 2. The normalized spacial score (nSPS) is 12.2. The number of anilines is 1. The molecule has 2 aromatic carbocycles. The Labute approximate surface area is 163 Å². The molecule has 0 aliphatic rings. The molecule has 1 atom stereocenters. The Morgan fingerprint density at radius 1 is 1.18 bits per heavy atom. The minimum atomic E-state index is -3.00. The summed E-state index contributed by atoms with van der Waals surface area (Å²) in [6.45, 7) is -1.36. The number of hydrogen-bond donors (Lipinski definition) is 1. The maximum atomic E-state index is 12.5. The largest absolute Gasteiger partial charge is 0.433 e. The van der Waals surface area contributed by atoms with E-state index in [1.54, 1.807) is 44.3 Å². The lowest BCUT2D eigenvalue weighted by Gasteiger charge is -2.16. The lowest BCUT2D eigenvalue weighted by molar-refractivity contribution is -0.115. The zero-order valence-corrected chi connectivity index (χ0v) is 15.9. The predicted molar refractivity (Wildman–Crippen MR) is 104 cm³/mol. The molecule has 0 saturated carbocycles. The molecule has 0 saturated heterocycles. The minimum absolute atomic E-state index is 0.126. The first-order valence-electron chi connectivity index (χ1n) is 8.34. The molecule has 3 rings (SSSR count). The Kier molecular flexibility index (Phi) is 5.93. The quantitative estimate of drug-likeness (QED) is 0.501. The number of benzene rings is 2. The molecule has 0 fully saturated rings. The fourth-order valence-electron chi connectivity index (χ4n) is 2.52. The summed E-state index contributed by atoms with van der Waals surface area (Å²) < 4.78 is 30.8. The summed E-state index contributed by atoms with van der Waals surface area (Å²) in [6, 6.07) is 12.9. The molecule has 0 spiro atoms. The topological polar surface area (TPSA) is 73.2 Å². The van der Waals surface area contributed by atoms with Crippen LogP contribution < -0.4 is 15.6 Å². The second-order valence-corrected chi connectivity index (χ2v) is 7.21. The molecule has 3 aromatic rings. The summed E-state index contributed by atoms with van der Waals surface area (Å²) in [5.74, 6) is -0.558. The van der Waals surface area contributed by atoms with Gasteiger partial charge in [-0.05, 0) is 31.2 Å². The van der Waals surface area contributed by atoms with Crippen molar-refractivity contribution in [2.75, 3.05) is 5.32 Å². The second kappa shape index (κ2) is 8.39. The molecule has 6 nitrogen and oxygen atoms in total. The SMILES string of the molecule is CC(Sc1nc2ccccc2c(=O)n1C)C(=O)Nc1ccccc1OC(F)F. The van der Waals surface area contributed by atoms with Gasteiger partial charge in [-0.25, -0.2) is 4.98 Å². The third-order valence-corrected chi connectivity index (χ3v) is 5.10. The Bertz CT molecular complexity index is 1070. The molecule has 0 radical (unpaired) electrons. The van der Waals surface area contributed by atoms with Crippen LogP contribution in [0.15, 0.2) is 58.5 Å². The van der Waals surface area contributed by atoms with E-state index in [1.807, 2.05) is 0 Å². The summed E-state index contributed by atoms with van der Waals surface area (Å²) >= 11 is 1.10. The van der Waals surface area contributed by atoms with Gasteiger partial charge in [0.1, 0.15) is 5.75 Å². The summed E-state index contributed by atoms with van der Waals surface area (Å²) in [5.41, 5.74) is 0.466. The van der Waals surface area contributed by atoms with Crippen LogP contribution in [-0.4, -0.2) is 27.3 Å². The van der Waals surface area contributed by atoms with E-state index >= 15 is 0 Å². The highest BCUT2D eigenvalue weighted by molar-refractivity contribution is 8.00. The zero-order valence-electron chi connectivity index (χ0n) is 15.1. The molecule has 0 aliphatic carbocycles. The van der Waals surface area contributed by atoms with Crippen molar-refractivity contribution in [3.63, 3.8) is 0 Å². The second-order valence-electron chi connectivity index (χ2n) is 5.90. The maximum absolute atomic E-state index is 12.5. The van der Waals surface area contributed by atoms with E-state index in [4.69, 9.17) is 0 Å². The van der Waals surface area contributed by atoms with E-state index < -0.39 is 17.8 Å². The average Bonchev–Trinajstić information content (AvgIpc) is 2.67. The van der Waals surface area contributed by atoms with Gasteiger partial charge in [0, 0.05) is 7.05 Å². The van der Waals surface area contributed by atoms with Gasteiger partial charge in [0.2, 0.25) is 5.91 Å². The first kappa shape index (κ1) is 19.8. The molecule has 1 amide bonds. The van der Waals surface area contributed by atoms with Crippen molar-refractivity contribution >= 4 is 34.3 Å². The van der Waals surface area contributed by atoms with Gasteiger partial charge in [0.15, 0.2) is 5.16 Å². The van der Waals surface area contributed by atoms with Gasteiger partial charge in [0.05, 0.1) is 21.8 Å². The number of carbonyl (C=O) groups is 1. The number of hydrogen-bond acceptors (Lipinski definition) is 5. The fraction of sp³-hybridized carbons (Fsp3) is 0.211. The van der Waals surface area contributed by atoms with Crippen LogP contribution in [-0.2, 0) is 11.8 Å². The molecule has 0 aliphatic heterocycles. The molecule has 1 unspecified atom stereocenters. The van der Waals surface area contributed by atoms with Crippen molar-refractivity contribution in [1.82, 2.24) is 9.55 Å². The van der Waals surface area contributed by atoms with Gasteiger partial charge >= 0.3 is 6.61 Å². The molecular weight excluding hydrogens is 388 g/mol. The highest BCUT2D eigenvalue weighted by Gasteiger charge is 2.20. The van der Waals surface area contributed by atoms with Crippen LogP contribution in [0.4, 0.5) is 14.5 Å². The van der Waals surface area contributed by atoms with E-state index in [1.165, 1.54) is 22.8 Å². The van der Waals surface area contributed by atoms with Crippen LogP contribution >= 0.6 is 11.8 Å². The highest BCUT2D eigenvalue weighted by atomic mass is 32.2. The van der Waals surface area contributed by atoms with Crippen LogP contribution in [0.5, 0.6) is 5.75 Å². The summed E-state index contributed by atoms with van der Waals surface area (Å²) in [5, 5.41) is 2.80. The molecule has 1 N–H and O–H groups in total. The number of ether oxygens (including phenoxy) is 1. The Morgan fingerprint density at radius 3 is 2.61 bits per heavy atom. The minimum Gasteiger partial charge on any atom is -0.433 e. The smallest absolute Gasteiger partial charge is 0.387 e. The fourth-order valence-corrected chi connectivity index (χ4v) is 3.39. The molecule has 28 heavy (non-hydrogen) atoms. The molecule has 9 heteroatoms. The van der Waals surface area contributed by atoms with Crippen LogP contribution in [0, 0.1) is 0 Å². The third kappa shape index (κ3) is 4.30. The first-order valence-corrected chi connectivity index (χ1v) is 9.22. The van der Waals surface area contributed by atoms with E-state index in [0.29, 0.717) is 16.1 Å². The van der Waals surface area contributed by atoms with Crippen LogP contribution in [0.3, 0.4) is 0 Å². The van der Waals surface area contributed by atoms with Crippen molar-refractivity contribution in [2.45, 2.75) is 23.9 Å². The number of thioether (sulfide) groups is 1. The number of fused-ring (bicyclic) bond motifs is 1. The van der Waals surface area contributed by atoms with Crippen molar-refractivity contribution in [1.29, 1.82) is 0 Å². The lowest BCUT2D eigenvalue weighted by atomic mass is 10.2. The van der Waals surface area contributed by atoms with E-state index in [9.17, 15) is 18.4 Å².